The summed E-state index contributed by atoms with van der Waals surface area (Å²) in [5.41, 5.74) is 1.92. The lowest BCUT2D eigenvalue weighted by atomic mass is 10.2. The molecule has 2 aliphatic rings. The zero-order chi connectivity index (χ0) is 12.7. The second-order valence-corrected chi connectivity index (χ2v) is 5.60. The number of aromatic nitrogens is 2. The Labute approximate surface area is 112 Å². The number of fused-ring (bicyclic) bond motifs is 1. The summed E-state index contributed by atoms with van der Waals surface area (Å²) >= 11 is 0. The molecule has 4 heteroatoms. The highest BCUT2D eigenvalue weighted by molar-refractivity contribution is 5.75. The highest BCUT2D eigenvalue weighted by Gasteiger charge is 2.34. The quantitative estimate of drug-likeness (QED) is 0.912. The van der Waals surface area contributed by atoms with Crippen molar-refractivity contribution >= 4 is 16.9 Å². The van der Waals surface area contributed by atoms with Crippen LogP contribution in [0.15, 0.2) is 30.5 Å². The number of hydrogen-bond acceptors (Lipinski definition) is 4. The van der Waals surface area contributed by atoms with E-state index in [1.165, 1.54) is 25.8 Å². The van der Waals surface area contributed by atoms with Crippen molar-refractivity contribution in [2.75, 3.05) is 18.4 Å². The number of benzene rings is 1. The first-order valence-corrected chi connectivity index (χ1v) is 7.11. The van der Waals surface area contributed by atoms with Crippen molar-refractivity contribution in [3.05, 3.63) is 30.5 Å². The number of nitrogens with one attached hydrogen (secondary N) is 1. The molecule has 2 heterocycles. The summed E-state index contributed by atoms with van der Waals surface area (Å²) in [5.74, 6) is 0.904. The van der Waals surface area contributed by atoms with E-state index in [0.29, 0.717) is 6.04 Å². The minimum Gasteiger partial charge on any atom is -0.365 e. The molecule has 2 aromatic rings. The van der Waals surface area contributed by atoms with Crippen molar-refractivity contribution in [3.8, 4) is 0 Å². The van der Waals surface area contributed by atoms with Gasteiger partial charge in [0, 0.05) is 25.2 Å². The summed E-state index contributed by atoms with van der Waals surface area (Å²) in [5, 5.41) is 3.53. The predicted octanol–water partition coefficient (Wildman–Crippen LogP) is 2.28. The summed E-state index contributed by atoms with van der Waals surface area (Å²) in [7, 11) is 0. The summed E-state index contributed by atoms with van der Waals surface area (Å²) in [6.07, 6.45) is 5.85. The van der Waals surface area contributed by atoms with Gasteiger partial charge >= 0.3 is 0 Å². The van der Waals surface area contributed by atoms with Crippen LogP contribution in [0, 0.1) is 0 Å². The molecule has 4 nitrogen and oxygen atoms in total. The molecule has 2 fully saturated rings. The molecule has 98 valence electrons. The molecule has 0 radical (unpaired) electrons. The maximum absolute atomic E-state index is 4.63. The lowest BCUT2D eigenvalue weighted by Gasteiger charge is -2.16. The molecule has 1 aliphatic heterocycles. The molecule has 19 heavy (non-hydrogen) atoms. The fraction of sp³-hybridized carbons (Fsp3) is 0.467. The lowest BCUT2D eigenvalue weighted by Crippen LogP contribution is -2.28. The molecule has 4 rings (SSSR count). The number of likely N-dealkylation sites (tertiary alicyclic amines) is 1. The molecule has 1 unspecified atom stereocenters. The van der Waals surface area contributed by atoms with Crippen molar-refractivity contribution in [2.45, 2.75) is 31.3 Å². The van der Waals surface area contributed by atoms with Gasteiger partial charge in [0.15, 0.2) is 0 Å². The van der Waals surface area contributed by atoms with Crippen molar-refractivity contribution in [3.63, 3.8) is 0 Å². The van der Waals surface area contributed by atoms with E-state index in [1.54, 1.807) is 0 Å². The normalized spacial score (nSPS) is 23.9. The number of rotatable bonds is 3. The third-order valence-corrected chi connectivity index (χ3v) is 4.08. The van der Waals surface area contributed by atoms with E-state index in [-0.39, 0.29) is 0 Å². The smallest absolute Gasteiger partial charge is 0.145 e. The molecule has 1 saturated heterocycles. The third kappa shape index (κ3) is 2.28. The second kappa shape index (κ2) is 4.46. The van der Waals surface area contributed by atoms with E-state index in [2.05, 4.69) is 20.2 Å². The number of hydrogen-bond donors (Lipinski definition) is 1. The number of nitrogens with zero attached hydrogens (tertiary/aromatic N) is 3. The van der Waals surface area contributed by atoms with E-state index in [4.69, 9.17) is 0 Å². The maximum atomic E-state index is 4.63. The van der Waals surface area contributed by atoms with Crippen LogP contribution in [0.25, 0.3) is 11.0 Å². The molecule has 0 amide bonds. The average molecular weight is 254 g/mol. The minimum absolute atomic E-state index is 0.524. The molecule has 1 aromatic heterocycles. The van der Waals surface area contributed by atoms with Gasteiger partial charge in [-0.15, -0.1) is 0 Å². The van der Waals surface area contributed by atoms with Gasteiger partial charge < -0.3 is 5.32 Å². The van der Waals surface area contributed by atoms with Gasteiger partial charge in [0.25, 0.3) is 0 Å². The first-order chi connectivity index (χ1) is 9.38. The van der Waals surface area contributed by atoms with Gasteiger partial charge in [0.1, 0.15) is 5.82 Å². The molecule has 1 saturated carbocycles. The van der Waals surface area contributed by atoms with Crippen molar-refractivity contribution in [1.82, 2.24) is 14.9 Å². The Kier molecular flexibility index (Phi) is 2.62. The molecule has 0 bridgehead atoms. The van der Waals surface area contributed by atoms with Crippen LogP contribution in [0.1, 0.15) is 19.3 Å². The van der Waals surface area contributed by atoms with E-state index < -0.39 is 0 Å². The van der Waals surface area contributed by atoms with Crippen LogP contribution >= 0.6 is 0 Å². The van der Waals surface area contributed by atoms with Gasteiger partial charge in [-0.05, 0) is 31.4 Å². The fourth-order valence-corrected chi connectivity index (χ4v) is 2.91. The standard InChI is InChI=1S/C15H18N4/c1-2-4-14-13(3-1)16-9-15(18-14)17-11-7-8-19(10-11)12-5-6-12/h1-4,9,11-12H,5-8,10H2,(H,17,18). The van der Waals surface area contributed by atoms with Crippen LogP contribution in [0.2, 0.25) is 0 Å². The van der Waals surface area contributed by atoms with Crippen LogP contribution in [0.3, 0.4) is 0 Å². The summed E-state index contributed by atoms with van der Waals surface area (Å²) in [6, 6.07) is 9.40. The van der Waals surface area contributed by atoms with Crippen LogP contribution in [-0.4, -0.2) is 40.0 Å². The second-order valence-electron chi connectivity index (χ2n) is 5.60. The van der Waals surface area contributed by atoms with Crippen LogP contribution in [0.4, 0.5) is 5.82 Å². The maximum Gasteiger partial charge on any atom is 0.145 e. The van der Waals surface area contributed by atoms with Gasteiger partial charge in [-0.3, -0.25) is 9.88 Å². The average Bonchev–Trinajstić information content (AvgIpc) is 3.20. The summed E-state index contributed by atoms with van der Waals surface area (Å²) < 4.78 is 0. The molecule has 0 spiro atoms. The first kappa shape index (κ1) is 11.2. The van der Waals surface area contributed by atoms with Gasteiger partial charge in [0.05, 0.1) is 17.2 Å². The summed E-state index contributed by atoms with van der Waals surface area (Å²) in [4.78, 5) is 11.7. The van der Waals surface area contributed by atoms with Crippen molar-refractivity contribution in [1.29, 1.82) is 0 Å². The van der Waals surface area contributed by atoms with Gasteiger partial charge in [-0.25, -0.2) is 4.98 Å². The Morgan fingerprint density at radius 1 is 1.11 bits per heavy atom. The van der Waals surface area contributed by atoms with E-state index in [1.807, 2.05) is 30.5 Å². The highest BCUT2D eigenvalue weighted by Crippen LogP contribution is 2.30. The Morgan fingerprint density at radius 3 is 2.79 bits per heavy atom. The highest BCUT2D eigenvalue weighted by atomic mass is 15.2. The Balaban J connectivity index is 1.48. The molecule has 1 N–H and O–H groups in total. The molecule has 1 aromatic carbocycles. The minimum atomic E-state index is 0.524. The number of anilines is 1. The summed E-state index contributed by atoms with van der Waals surface area (Å²) in [6.45, 7) is 2.38. The molecular formula is C15H18N4. The first-order valence-electron chi connectivity index (χ1n) is 7.11. The van der Waals surface area contributed by atoms with Crippen LogP contribution in [-0.2, 0) is 0 Å². The van der Waals surface area contributed by atoms with Gasteiger partial charge in [-0.2, -0.15) is 0 Å². The van der Waals surface area contributed by atoms with Crippen molar-refractivity contribution < 1.29 is 0 Å². The van der Waals surface area contributed by atoms with Crippen LogP contribution in [0.5, 0.6) is 0 Å². The largest absolute Gasteiger partial charge is 0.365 e. The Morgan fingerprint density at radius 2 is 1.95 bits per heavy atom. The third-order valence-electron chi connectivity index (χ3n) is 4.08. The predicted molar refractivity (Wildman–Crippen MR) is 76.2 cm³/mol. The Hall–Kier alpha value is -1.68. The zero-order valence-electron chi connectivity index (χ0n) is 10.9. The van der Waals surface area contributed by atoms with E-state index in [9.17, 15) is 0 Å². The topological polar surface area (TPSA) is 41.1 Å². The number of para-hydroxylation sites is 2. The molecule has 1 aliphatic carbocycles. The van der Waals surface area contributed by atoms with Crippen molar-refractivity contribution in [2.24, 2.45) is 0 Å². The monoisotopic (exact) mass is 254 g/mol. The molecular weight excluding hydrogens is 236 g/mol. The fourth-order valence-electron chi connectivity index (χ4n) is 2.91. The van der Waals surface area contributed by atoms with Gasteiger partial charge in [0.2, 0.25) is 0 Å². The van der Waals surface area contributed by atoms with Gasteiger partial charge in [-0.1, -0.05) is 12.1 Å². The van der Waals surface area contributed by atoms with E-state index >= 15 is 0 Å². The molecule has 1 atom stereocenters. The lowest BCUT2D eigenvalue weighted by molar-refractivity contribution is 0.326. The zero-order valence-corrected chi connectivity index (χ0v) is 10.9. The van der Waals surface area contributed by atoms with Crippen LogP contribution < -0.4 is 5.32 Å². The Bertz CT molecular complexity index is 593. The SMILES string of the molecule is c1ccc2nc(NC3CCN(C4CC4)C3)cnc2c1. The van der Waals surface area contributed by atoms with E-state index in [0.717, 1.165) is 29.4 Å².